The first-order valence-electron chi connectivity index (χ1n) is 6.24. The predicted molar refractivity (Wildman–Crippen MR) is 71.6 cm³/mol. The van der Waals surface area contributed by atoms with Gasteiger partial charge in [0.25, 0.3) is 5.91 Å². The largest absolute Gasteiger partial charge is 0.471 e. The quantitative estimate of drug-likeness (QED) is 0.837. The first kappa shape index (κ1) is 12.9. The zero-order valence-electron chi connectivity index (χ0n) is 10.9. The summed E-state index contributed by atoms with van der Waals surface area (Å²) < 4.78 is 13.5. The Kier molecular flexibility index (Phi) is 3.55. The molecule has 0 radical (unpaired) electrons. The molecular weight excluding hydrogens is 278 g/mol. The summed E-state index contributed by atoms with van der Waals surface area (Å²) in [7, 11) is 0. The number of ether oxygens (including phenoxy) is 1. The van der Waals surface area contributed by atoms with Gasteiger partial charge in [-0.3, -0.25) is 9.78 Å². The fourth-order valence-electron chi connectivity index (χ4n) is 2.05. The lowest BCUT2D eigenvalue weighted by molar-refractivity contribution is 0.0765. The number of hydrogen-bond acceptors (Lipinski definition) is 7. The van der Waals surface area contributed by atoms with E-state index >= 15 is 0 Å². The summed E-state index contributed by atoms with van der Waals surface area (Å²) in [5.41, 5.74) is 1.16. The Morgan fingerprint density at radius 1 is 1.40 bits per heavy atom. The van der Waals surface area contributed by atoms with Crippen LogP contribution in [0.15, 0.2) is 18.6 Å². The van der Waals surface area contributed by atoms with Gasteiger partial charge in [0.2, 0.25) is 5.88 Å². The predicted octanol–water partition coefficient (Wildman–Crippen LogP) is 0.930. The molecule has 3 heterocycles. The minimum atomic E-state index is -0.111. The second kappa shape index (κ2) is 5.49. The number of amides is 1. The Balaban J connectivity index is 1.62. The number of hydrogen-bond donors (Lipinski definition) is 0. The van der Waals surface area contributed by atoms with Crippen LogP contribution in [-0.2, 0) is 0 Å². The van der Waals surface area contributed by atoms with Crippen molar-refractivity contribution in [2.24, 2.45) is 0 Å². The zero-order chi connectivity index (χ0) is 13.9. The van der Waals surface area contributed by atoms with Gasteiger partial charge in [-0.05, 0) is 6.92 Å². The van der Waals surface area contributed by atoms with E-state index < -0.39 is 0 Å². The summed E-state index contributed by atoms with van der Waals surface area (Å²) in [5, 5.41) is 0. The molecule has 0 N–H and O–H groups in total. The minimum Gasteiger partial charge on any atom is -0.471 e. The first-order chi connectivity index (χ1) is 9.72. The van der Waals surface area contributed by atoms with E-state index in [0.29, 0.717) is 24.7 Å². The summed E-state index contributed by atoms with van der Waals surface area (Å²) in [4.78, 5) is 22.2. The highest BCUT2D eigenvalue weighted by Crippen LogP contribution is 2.18. The van der Waals surface area contributed by atoms with E-state index in [1.165, 1.54) is 6.20 Å². The maximum atomic E-state index is 12.2. The highest BCUT2D eigenvalue weighted by molar-refractivity contribution is 6.99. The number of aryl methyl sites for hydroxylation is 1. The maximum absolute atomic E-state index is 12.2. The van der Waals surface area contributed by atoms with Gasteiger partial charge in [-0.25, -0.2) is 4.98 Å². The third-order valence-electron chi connectivity index (χ3n) is 3.06. The molecule has 8 heteroatoms. The molecule has 1 aliphatic rings. The molecule has 0 spiro atoms. The summed E-state index contributed by atoms with van der Waals surface area (Å²) in [6.07, 6.45) is 5.43. The molecule has 7 nitrogen and oxygen atoms in total. The van der Waals surface area contributed by atoms with E-state index in [4.69, 9.17) is 4.74 Å². The van der Waals surface area contributed by atoms with Crippen LogP contribution in [0.1, 0.15) is 22.6 Å². The van der Waals surface area contributed by atoms with Gasteiger partial charge >= 0.3 is 0 Å². The number of likely N-dealkylation sites (tertiary alicyclic amines) is 1. The van der Waals surface area contributed by atoms with Crippen LogP contribution in [0, 0.1) is 6.92 Å². The Morgan fingerprint density at radius 2 is 2.30 bits per heavy atom. The molecule has 0 aliphatic carbocycles. The SMILES string of the molecule is Cc1cnc(C(=O)N2CCC(Oc3cnsn3)C2)cn1. The molecule has 1 atom stereocenters. The standard InChI is InChI=1S/C12H13N5O2S/c1-8-4-14-10(5-13-8)12(18)17-3-2-9(7-17)19-11-6-15-20-16-11/h4-6,9H,2-3,7H2,1H3. The van der Waals surface area contributed by atoms with Gasteiger partial charge in [-0.2, -0.15) is 4.37 Å². The molecule has 2 aromatic heterocycles. The van der Waals surface area contributed by atoms with Crippen molar-refractivity contribution >= 4 is 17.6 Å². The molecule has 3 rings (SSSR count). The van der Waals surface area contributed by atoms with E-state index in [1.54, 1.807) is 17.3 Å². The first-order valence-corrected chi connectivity index (χ1v) is 6.97. The molecular formula is C12H13N5O2S. The van der Waals surface area contributed by atoms with Crippen LogP contribution in [0.5, 0.6) is 5.88 Å². The molecule has 1 unspecified atom stereocenters. The Hall–Kier alpha value is -2.09. The molecule has 2 aromatic rings. The van der Waals surface area contributed by atoms with E-state index in [2.05, 4.69) is 18.7 Å². The lowest BCUT2D eigenvalue weighted by atomic mass is 10.3. The molecule has 1 aliphatic heterocycles. The van der Waals surface area contributed by atoms with Crippen molar-refractivity contribution in [2.75, 3.05) is 13.1 Å². The van der Waals surface area contributed by atoms with Gasteiger partial charge in [-0.1, -0.05) is 0 Å². The molecule has 20 heavy (non-hydrogen) atoms. The van der Waals surface area contributed by atoms with Gasteiger partial charge in [0.15, 0.2) is 0 Å². The Bertz CT molecular complexity index is 586. The van der Waals surface area contributed by atoms with Crippen LogP contribution in [0.2, 0.25) is 0 Å². The molecule has 104 valence electrons. The summed E-state index contributed by atoms with van der Waals surface area (Å²) >= 11 is 1.10. The normalized spacial score (nSPS) is 18.2. The van der Waals surface area contributed by atoms with Gasteiger partial charge < -0.3 is 9.64 Å². The summed E-state index contributed by atoms with van der Waals surface area (Å²) in [6.45, 7) is 3.02. The molecule has 1 amide bonds. The molecule has 0 aromatic carbocycles. The van der Waals surface area contributed by atoms with E-state index in [-0.39, 0.29) is 12.0 Å². The van der Waals surface area contributed by atoms with E-state index in [0.717, 1.165) is 23.8 Å². The van der Waals surface area contributed by atoms with Crippen LogP contribution >= 0.6 is 11.7 Å². The zero-order valence-corrected chi connectivity index (χ0v) is 11.7. The average molecular weight is 291 g/mol. The monoisotopic (exact) mass is 291 g/mol. The highest BCUT2D eigenvalue weighted by atomic mass is 32.1. The third-order valence-corrected chi connectivity index (χ3v) is 3.52. The Labute approximate surface area is 120 Å². The minimum absolute atomic E-state index is 0.0405. The van der Waals surface area contributed by atoms with Crippen molar-refractivity contribution in [3.8, 4) is 5.88 Å². The van der Waals surface area contributed by atoms with Crippen LogP contribution in [0.4, 0.5) is 0 Å². The van der Waals surface area contributed by atoms with Crippen LogP contribution < -0.4 is 4.74 Å². The van der Waals surface area contributed by atoms with Gasteiger partial charge in [-0.15, -0.1) is 4.37 Å². The van der Waals surface area contributed by atoms with Crippen molar-refractivity contribution in [1.82, 2.24) is 23.6 Å². The number of carbonyl (C=O) groups excluding carboxylic acids is 1. The number of rotatable bonds is 3. The van der Waals surface area contributed by atoms with E-state index in [9.17, 15) is 4.79 Å². The van der Waals surface area contributed by atoms with Gasteiger partial charge in [0.05, 0.1) is 30.2 Å². The van der Waals surface area contributed by atoms with Crippen molar-refractivity contribution < 1.29 is 9.53 Å². The van der Waals surface area contributed by atoms with E-state index in [1.807, 2.05) is 6.92 Å². The van der Waals surface area contributed by atoms with Crippen LogP contribution in [0.3, 0.4) is 0 Å². The van der Waals surface area contributed by atoms with Crippen LogP contribution in [0.25, 0.3) is 0 Å². The Morgan fingerprint density at radius 3 is 3.00 bits per heavy atom. The molecule has 0 bridgehead atoms. The summed E-state index contributed by atoms with van der Waals surface area (Å²) in [5.74, 6) is 0.407. The highest BCUT2D eigenvalue weighted by Gasteiger charge is 2.29. The van der Waals surface area contributed by atoms with Gasteiger partial charge in [0, 0.05) is 19.2 Å². The van der Waals surface area contributed by atoms with Crippen molar-refractivity contribution in [1.29, 1.82) is 0 Å². The molecule has 0 saturated carbocycles. The number of nitrogens with zero attached hydrogens (tertiary/aromatic N) is 5. The maximum Gasteiger partial charge on any atom is 0.274 e. The topological polar surface area (TPSA) is 81.1 Å². The van der Waals surface area contributed by atoms with Crippen molar-refractivity contribution in [3.63, 3.8) is 0 Å². The summed E-state index contributed by atoms with van der Waals surface area (Å²) in [6, 6.07) is 0. The second-order valence-corrected chi connectivity index (χ2v) is 5.13. The van der Waals surface area contributed by atoms with Crippen molar-refractivity contribution in [2.45, 2.75) is 19.4 Å². The lowest BCUT2D eigenvalue weighted by Gasteiger charge is -2.15. The molecule has 1 fully saturated rings. The fourth-order valence-corrected chi connectivity index (χ4v) is 2.41. The third kappa shape index (κ3) is 2.74. The van der Waals surface area contributed by atoms with Gasteiger partial charge in [0.1, 0.15) is 18.0 Å². The number of aromatic nitrogens is 4. The van der Waals surface area contributed by atoms with Crippen LogP contribution in [-0.4, -0.2) is 48.7 Å². The average Bonchev–Trinajstić information content (AvgIpc) is 3.11. The fraction of sp³-hybridized carbons (Fsp3) is 0.417. The second-order valence-electron chi connectivity index (χ2n) is 4.57. The lowest BCUT2D eigenvalue weighted by Crippen LogP contribution is -2.31. The smallest absolute Gasteiger partial charge is 0.274 e. The number of carbonyl (C=O) groups is 1. The molecule has 1 saturated heterocycles. The van der Waals surface area contributed by atoms with Crippen molar-refractivity contribution in [3.05, 3.63) is 30.0 Å².